The van der Waals surface area contributed by atoms with Crippen molar-refractivity contribution >= 4 is 29.0 Å². The number of amides is 2. The molecule has 138 valence electrons. The van der Waals surface area contributed by atoms with E-state index in [0.29, 0.717) is 35.0 Å². The molecular formula is C21H19NO4S. The molecule has 2 rings (SSSR count). The maximum atomic E-state index is 12.4. The number of hydrogen-bond acceptors (Lipinski definition) is 5. The van der Waals surface area contributed by atoms with Crippen molar-refractivity contribution in [3.8, 4) is 36.2 Å². The van der Waals surface area contributed by atoms with Crippen molar-refractivity contribution in [2.45, 2.75) is 13.3 Å². The Morgan fingerprint density at radius 3 is 2.67 bits per heavy atom. The summed E-state index contributed by atoms with van der Waals surface area (Å²) in [6.07, 6.45) is 14.4. The highest BCUT2D eigenvalue weighted by Gasteiger charge is 2.34. The predicted molar refractivity (Wildman–Crippen MR) is 107 cm³/mol. The molecule has 0 aliphatic carbocycles. The number of nitrogens with zero attached hydrogens (tertiary/aromatic N) is 1. The summed E-state index contributed by atoms with van der Waals surface area (Å²) in [5.41, 5.74) is 1.52. The molecule has 2 amide bonds. The summed E-state index contributed by atoms with van der Waals surface area (Å²) in [6, 6.07) is 3.60. The summed E-state index contributed by atoms with van der Waals surface area (Å²) in [4.78, 5) is 25.6. The zero-order chi connectivity index (χ0) is 19.8. The molecule has 0 radical (unpaired) electrons. The van der Waals surface area contributed by atoms with Crippen LogP contribution in [0.5, 0.6) is 11.5 Å². The minimum absolute atomic E-state index is 0.0488. The fourth-order valence-electron chi connectivity index (χ4n) is 2.49. The Morgan fingerprint density at radius 2 is 2.04 bits per heavy atom. The summed E-state index contributed by atoms with van der Waals surface area (Å²) in [7, 11) is 0. The lowest BCUT2D eigenvalue weighted by molar-refractivity contribution is -0.122. The first-order valence-electron chi connectivity index (χ1n) is 8.21. The normalized spacial score (nSPS) is 14.8. The molecule has 0 saturated carbocycles. The van der Waals surface area contributed by atoms with Gasteiger partial charge in [-0.2, -0.15) is 0 Å². The number of allylic oxidation sites excluding steroid dienone is 1. The Bertz CT molecular complexity index is 873. The fraction of sp³-hybridized carbons (Fsp3) is 0.238. The third-order valence-electron chi connectivity index (χ3n) is 3.54. The van der Waals surface area contributed by atoms with Crippen LogP contribution in [0, 0.1) is 24.7 Å². The van der Waals surface area contributed by atoms with Crippen molar-refractivity contribution in [2.75, 3.05) is 19.8 Å². The molecule has 27 heavy (non-hydrogen) atoms. The Morgan fingerprint density at radius 1 is 1.26 bits per heavy atom. The molecule has 1 aromatic carbocycles. The minimum Gasteiger partial charge on any atom is -0.490 e. The third kappa shape index (κ3) is 4.75. The van der Waals surface area contributed by atoms with Gasteiger partial charge in [-0.25, -0.2) is 0 Å². The van der Waals surface area contributed by atoms with E-state index in [9.17, 15) is 9.59 Å². The van der Waals surface area contributed by atoms with Gasteiger partial charge in [-0.3, -0.25) is 14.5 Å². The largest absolute Gasteiger partial charge is 0.490 e. The van der Waals surface area contributed by atoms with E-state index in [1.807, 2.05) is 13.0 Å². The molecule has 0 spiro atoms. The Hall–Kier alpha value is -3.09. The van der Waals surface area contributed by atoms with E-state index in [4.69, 9.17) is 22.3 Å². The first-order chi connectivity index (χ1) is 13.0. The number of hydrogen-bond donors (Lipinski definition) is 0. The molecule has 0 N–H and O–H groups in total. The average Bonchev–Trinajstić information content (AvgIpc) is 2.89. The molecular weight excluding hydrogens is 362 g/mol. The Labute approximate surface area is 163 Å². The van der Waals surface area contributed by atoms with E-state index >= 15 is 0 Å². The summed E-state index contributed by atoms with van der Waals surface area (Å²) < 4.78 is 11.3. The first kappa shape index (κ1) is 20.2. The highest BCUT2D eigenvalue weighted by molar-refractivity contribution is 8.18. The van der Waals surface area contributed by atoms with Gasteiger partial charge in [0.1, 0.15) is 6.61 Å². The second-order valence-electron chi connectivity index (χ2n) is 5.40. The van der Waals surface area contributed by atoms with Gasteiger partial charge in [-0.1, -0.05) is 17.9 Å². The average molecular weight is 381 g/mol. The van der Waals surface area contributed by atoms with Crippen LogP contribution in [-0.2, 0) is 11.2 Å². The number of rotatable bonds is 8. The number of terminal acetylenes is 2. The molecule has 0 unspecified atom stereocenters. The van der Waals surface area contributed by atoms with Gasteiger partial charge in [0.05, 0.1) is 18.1 Å². The van der Waals surface area contributed by atoms with Crippen LogP contribution >= 0.6 is 11.8 Å². The zero-order valence-corrected chi connectivity index (χ0v) is 15.8. The number of carbonyl (C=O) groups is 2. The van der Waals surface area contributed by atoms with Gasteiger partial charge in [-0.05, 0) is 48.9 Å². The van der Waals surface area contributed by atoms with Crippen LogP contribution in [0.25, 0.3) is 6.08 Å². The third-order valence-corrected chi connectivity index (χ3v) is 4.45. The van der Waals surface area contributed by atoms with Gasteiger partial charge in [0.15, 0.2) is 11.5 Å². The van der Waals surface area contributed by atoms with Crippen LogP contribution in [0.1, 0.15) is 18.1 Å². The van der Waals surface area contributed by atoms with Crippen LogP contribution < -0.4 is 9.47 Å². The van der Waals surface area contributed by atoms with Gasteiger partial charge in [-0.15, -0.1) is 19.4 Å². The second-order valence-corrected chi connectivity index (χ2v) is 6.39. The first-order valence-corrected chi connectivity index (χ1v) is 9.03. The second kappa shape index (κ2) is 9.56. The van der Waals surface area contributed by atoms with Crippen molar-refractivity contribution in [1.82, 2.24) is 4.90 Å². The highest BCUT2D eigenvalue weighted by Crippen LogP contribution is 2.37. The van der Waals surface area contributed by atoms with Gasteiger partial charge in [0, 0.05) is 5.56 Å². The minimum atomic E-state index is -0.404. The predicted octanol–water partition coefficient (Wildman–Crippen LogP) is 3.50. The lowest BCUT2D eigenvalue weighted by atomic mass is 10.0. The standard InChI is InChI=1S/C21H19NO4S/c1-5-9-16-12-15(13-17(25-8-4)19(16)26-11-7-3)14-18-20(23)22(10-6-2)21(24)27-18/h2-3,5,12-14H,1,8-11H2,4H3. The van der Waals surface area contributed by atoms with Crippen LogP contribution in [0.3, 0.4) is 0 Å². The summed E-state index contributed by atoms with van der Waals surface area (Å²) in [5.74, 6) is 5.41. The molecule has 0 atom stereocenters. The summed E-state index contributed by atoms with van der Waals surface area (Å²) >= 11 is 0.857. The molecule has 1 heterocycles. The van der Waals surface area contributed by atoms with E-state index in [1.54, 1.807) is 18.2 Å². The Kier molecular flexibility index (Phi) is 7.16. The molecule has 0 aromatic heterocycles. The van der Waals surface area contributed by atoms with Crippen LogP contribution in [0.15, 0.2) is 29.7 Å². The van der Waals surface area contributed by atoms with E-state index in [0.717, 1.165) is 22.2 Å². The van der Waals surface area contributed by atoms with Crippen LogP contribution in [0.2, 0.25) is 0 Å². The van der Waals surface area contributed by atoms with Crippen molar-refractivity contribution in [2.24, 2.45) is 0 Å². The smallest absolute Gasteiger partial charge is 0.294 e. The summed E-state index contributed by atoms with van der Waals surface area (Å²) in [6.45, 7) is 6.10. The highest BCUT2D eigenvalue weighted by atomic mass is 32.2. The van der Waals surface area contributed by atoms with E-state index in [2.05, 4.69) is 18.4 Å². The molecule has 1 aromatic rings. The fourth-order valence-corrected chi connectivity index (χ4v) is 3.33. The maximum Gasteiger partial charge on any atom is 0.294 e. The van der Waals surface area contributed by atoms with E-state index in [-0.39, 0.29) is 18.4 Å². The molecule has 1 fully saturated rings. The molecule has 5 nitrogen and oxygen atoms in total. The topological polar surface area (TPSA) is 55.8 Å². The lowest BCUT2D eigenvalue weighted by Crippen LogP contribution is -2.28. The molecule has 0 bridgehead atoms. The number of thioether (sulfide) groups is 1. The van der Waals surface area contributed by atoms with Gasteiger partial charge < -0.3 is 9.47 Å². The molecule has 1 aliphatic rings. The van der Waals surface area contributed by atoms with Crippen LogP contribution in [-0.4, -0.2) is 35.8 Å². The van der Waals surface area contributed by atoms with Crippen molar-refractivity contribution < 1.29 is 19.1 Å². The van der Waals surface area contributed by atoms with Crippen molar-refractivity contribution in [3.05, 3.63) is 40.8 Å². The van der Waals surface area contributed by atoms with Crippen molar-refractivity contribution in [1.29, 1.82) is 0 Å². The SMILES string of the molecule is C#CCOc1c(CC=C)cc(C=C2SC(=O)N(CC#C)C2=O)cc1OCC. The molecule has 6 heteroatoms. The summed E-state index contributed by atoms with van der Waals surface area (Å²) in [5, 5.41) is -0.380. The lowest BCUT2D eigenvalue weighted by Gasteiger charge is -2.15. The van der Waals surface area contributed by atoms with Crippen molar-refractivity contribution in [3.63, 3.8) is 0 Å². The quantitative estimate of drug-likeness (QED) is 0.392. The number of carbonyl (C=O) groups excluding carboxylic acids is 2. The van der Waals surface area contributed by atoms with Gasteiger partial charge in [0.2, 0.25) is 0 Å². The maximum absolute atomic E-state index is 12.4. The van der Waals surface area contributed by atoms with Crippen LogP contribution in [0.4, 0.5) is 4.79 Å². The monoisotopic (exact) mass is 381 g/mol. The Balaban J connectivity index is 2.47. The number of imide groups is 1. The van der Waals surface area contributed by atoms with Gasteiger partial charge >= 0.3 is 0 Å². The zero-order valence-electron chi connectivity index (χ0n) is 15.0. The van der Waals surface area contributed by atoms with E-state index in [1.165, 1.54) is 0 Å². The number of benzene rings is 1. The van der Waals surface area contributed by atoms with E-state index < -0.39 is 5.91 Å². The van der Waals surface area contributed by atoms with Gasteiger partial charge in [0.25, 0.3) is 11.1 Å². The number of ether oxygens (including phenoxy) is 2. The molecule has 1 aliphatic heterocycles. The molecule has 1 saturated heterocycles.